The van der Waals surface area contributed by atoms with Gasteiger partial charge in [-0.25, -0.2) is 4.98 Å². The molecule has 0 spiro atoms. The highest BCUT2D eigenvalue weighted by atomic mass is 16.6. The number of fused-ring (bicyclic) bond motifs is 1. The standard InChI is InChI=1S/C15H19NO4/c1-9-16-11-6-5-10(7-13(11)19-9)12(17)8-14(18)20-15(2,3)4/h5-7,12,17H,8H2,1-4H3/t12-/m0/s1. The molecule has 108 valence electrons. The second kappa shape index (κ2) is 5.25. The third kappa shape index (κ3) is 3.57. The van der Waals surface area contributed by atoms with Crippen molar-refractivity contribution in [2.24, 2.45) is 0 Å². The first-order valence-corrected chi connectivity index (χ1v) is 6.51. The first-order valence-electron chi connectivity index (χ1n) is 6.51. The Morgan fingerprint density at radius 2 is 2.15 bits per heavy atom. The summed E-state index contributed by atoms with van der Waals surface area (Å²) in [5.41, 5.74) is 1.39. The van der Waals surface area contributed by atoms with Gasteiger partial charge in [0.05, 0.1) is 12.5 Å². The molecule has 2 rings (SSSR count). The van der Waals surface area contributed by atoms with Gasteiger partial charge in [0.25, 0.3) is 0 Å². The van der Waals surface area contributed by atoms with Crippen molar-refractivity contribution in [3.05, 3.63) is 29.7 Å². The number of ether oxygens (including phenoxy) is 1. The molecule has 5 nitrogen and oxygen atoms in total. The zero-order chi connectivity index (χ0) is 14.9. The van der Waals surface area contributed by atoms with Crippen LogP contribution in [0, 0.1) is 6.92 Å². The number of carbonyl (C=O) groups is 1. The number of hydrogen-bond acceptors (Lipinski definition) is 5. The number of oxazole rings is 1. The van der Waals surface area contributed by atoms with Crippen LogP contribution >= 0.6 is 0 Å². The first kappa shape index (κ1) is 14.5. The molecule has 0 aliphatic heterocycles. The van der Waals surface area contributed by atoms with Gasteiger partial charge in [-0.15, -0.1) is 0 Å². The van der Waals surface area contributed by atoms with Crippen LogP contribution in [0.15, 0.2) is 22.6 Å². The molecule has 1 atom stereocenters. The number of aliphatic hydroxyl groups excluding tert-OH is 1. The number of carbonyl (C=O) groups excluding carboxylic acids is 1. The average Bonchev–Trinajstić information content (AvgIpc) is 2.64. The van der Waals surface area contributed by atoms with E-state index >= 15 is 0 Å². The number of benzene rings is 1. The van der Waals surface area contributed by atoms with Gasteiger partial charge in [-0.2, -0.15) is 0 Å². The smallest absolute Gasteiger partial charge is 0.309 e. The molecule has 1 aromatic heterocycles. The van der Waals surface area contributed by atoms with Crippen LogP contribution < -0.4 is 0 Å². The molecule has 1 N–H and O–H groups in total. The van der Waals surface area contributed by atoms with Crippen molar-refractivity contribution < 1.29 is 19.1 Å². The molecule has 2 aromatic rings. The summed E-state index contributed by atoms with van der Waals surface area (Å²) in [6.07, 6.45) is -1.00. The predicted molar refractivity (Wildman–Crippen MR) is 74.2 cm³/mol. The molecule has 0 unspecified atom stereocenters. The summed E-state index contributed by atoms with van der Waals surface area (Å²) >= 11 is 0. The minimum atomic E-state index is -0.917. The Kier molecular flexibility index (Phi) is 3.81. The van der Waals surface area contributed by atoms with Gasteiger partial charge in [0, 0.05) is 6.92 Å². The molecule has 0 aliphatic carbocycles. The van der Waals surface area contributed by atoms with Crippen LogP contribution in [0.2, 0.25) is 0 Å². The highest BCUT2D eigenvalue weighted by Gasteiger charge is 2.20. The van der Waals surface area contributed by atoms with Crippen LogP contribution in [-0.2, 0) is 9.53 Å². The molecule has 0 saturated heterocycles. The molecule has 0 bridgehead atoms. The van der Waals surface area contributed by atoms with Crippen LogP contribution in [0.3, 0.4) is 0 Å². The molecule has 0 aliphatic rings. The zero-order valence-corrected chi connectivity index (χ0v) is 12.1. The summed E-state index contributed by atoms with van der Waals surface area (Å²) in [5, 5.41) is 10.1. The van der Waals surface area contributed by atoms with Crippen molar-refractivity contribution in [1.82, 2.24) is 4.98 Å². The van der Waals surface area contributed by atoms with E-state index in [1.165, 1.54) is 0 Å². The van der Waals surface area contributed by atoms with Crippen molar-refractivity contribution in [2.45, 2.75) is 45.8 Å². The molecule has 0 radical (unpaired) electrons. The van der Waals surface area contributed by atoms with E-state index in [-0.39, 0.29) is 6.42 Å². The van der Waals surface area contributed by atoms with Gasteiger partial charge in [-0.1, -0.05) is 6.07 Å². The second-order valence-corrected chi connectivity index (χ2v) is 5.77. The fourth-order valence-corrected chi connectivity index (χ4v) is 1.92. The number of esters is 1. The van der Waals surface area contributed by atoms with Gasteiger partial charge in [0.2, 0.25) is 0 Å². The molecule has 1 heterocycles. The maximum Gasteiger partial charge on any atom is 0.309 e. The largest absolute Gasteiger partial charge is 0.460 e. The Balaban J connectivity index is 2.10. The normalized spacial score (nSPS) is 13.4. The summed E-state index contributed by atoms with van der Waals surface area (Å²) in [4.78, 5) is 15.9. The number of aliphatic hydroxyl groups is 1. The lowest BCUT2D eigenvalue weighted by Crippen LogP contribution is -2.24. The van der Waals surface area contributed by atoms with Gasteiger partial charge < -0.3 is 14.3 Å². The second-order valence-electron chi connectivity index (χ2n) is 5.77. The lowest BCUT2D eigenvalue weighted by atomic mass is 10.1. The number of rotatable bonds is 3. The minimum absolute atomic E-state index is 0.0874. The molecule has 5 heteroatoms. The van der Waals surface area contributed by atoms with Crippen molar-refractivity contribution >= 4 is 17.1 Å². The van der Waals surface area contributed by atoms with E-state index in [1.807, 2.05) is 0 Å². The van der Waals surface area contributed by atoms with Crippen molar-refractivity contribution in [3.63, 3.8) is 0 Å². The molecule has 20 heavy (non-hydrogen) atoms. The number of hydrogen-bond donors (Lipinski definition) is 1. The fourth-order valence-electron chi connectivity index (χ4n) is 1.92. The van der Waals surface area contributed by atoms with E-state index < -0.39 is 17.7 Å². The zero-order valence-electron chi connectivity index (χ0n) is 12.1. The summed E-state index contributed by atoms with van der Waals surface area (Å²) in [6, 6.07) is 5.20. The summed E-state index contributed by atoms with van der Waals surface area (Å²) in [7, 11) is 0. The molecule has 0 saturated carbocycles. The van der Waals surface area contributed by atoms with E-state index in [0.29, 0.717) is 17.0 Å². The van der Waals surface area contributed by atoms with Crippen molar-refractivity contribution in [1.29, 1.82) is 0 Å². The number of nitrogens with zero attached hydrogens (tertiary/aromatic N) is 1. The molecule has 1 aromatic carbocycles. The van der Waals surface area contributed by atoms with Gasteiger partial charge in [0.1, 0.15) is 11.1 Å². The summed E-state index contributed by atoms with van der Waals surface area (Å²) < 4.78 is 10.6. The van der Waals surface area contributed by atoms with Gasteiger partial charge in [-0.3, -0.25) is 4.79 Å². The van der Waals surface area contributed by atoms with Crippen LogP contribution in [0.5, 0.6) is 0 Å². The molecule has 0 amide bonds. The Bertz CT molecular complexity index is 624. The highest BCUT2D eigenvalue weighted by molar-refractivity contribution is 5.74. The minimum Gasteiger partial charge on any atom is -0.460 e. The van der Waals surface area contributed by atoms with Crippen LogP contribution in [0.4, 0.5) is 0 Å². The van der Waals surface area contributed by atoms with E-state index in [4.69, 9.17) is 9.15 Å². The van der Waals surface area contributed by atoms with E-state index in [0.717, 1.165) is 5.52 Å². The highest BCUT2D eigenvalue weighted by Crippen LogP contribution is 2.24. The van der Waals surface area contributed by atoms with Gasteiger partial charge in [0.15, 0.2) is 11.5 Å². The monoisotopic (exact) mass is 277 g/mol. The number of aromatic nitrogens is 1. The maximum atomic E-state index is 11.7. The lowest BCUT2D eigenvalue weighted by Gasteiger charge is -2.20. The Hall–Kier alpha value is -1.88. The van der Waals surface area contributed by atoms with Crippen LogP contribution in [-0.4, -0.2) is 21.7 Å². The van der Waals surface area contributed by atoms with Crippen LogP contribution in [0.1, 0.15) is 44.8 Å². The van der Waals surface area contributed by atoms with Crippen molar-refractivity contribution in [2.75, 3.05) is 0 Å². The topological polar surface area (TPSA) is 72.6 Å². The lowest BCUT2D eigenvalue weighted by molar-refractivity contribution is -0.157. The third-order valence-corrected chi connectivity index (χ3v) is 2.68. The summed E-state index contributed by atoms with van der Waals surface area (Å²) in [5.74, 6) is 0.137. The van der Waals surface area contributed by atoms with Gasteiger partial charge in [-0.05, 0) is 38.5 Å². The Morgan fingerprint density at radius 3 is 2.80 bits per heavy atom. The van der Waals surface area contributed by atoms with E-state index in [2.05, 4.69) is 4.98 Å². The average molecular weight is 277 g/mol. The third-order valence-electron chi connectivity index (χ3n) is 2.68. The number of aryl methyl sites for hydroxylation is 1. The van der Waals surface area contributed by atoms with Crippen LogP contribution in [0.25, 0.3) is 11.1 Å². The maximum absolute atomic E-state index is 11.7. The Labute approximate surface area is 117 Å². The summed E-state index contributed by atoms with van der Waals surface area (Å²) in [6.45, 7) is 7.14. The fraction of sp³-hybridized carbons (Fsp3) is 0.467. The van der Waals surface area contributed by atoms with E-state index in [9.17, 15) is 9.90 Å². The quantitative estimate of drug-likeness (QED) is 0.873. The Morgan fingerprint density at radius 1 is 1.45 bits per heavy atom. The van der Waals surface area contributed by atoms with Gasteiger partial charge >= 0.3 is 5.97 Å². The van der Waals surface area contributed by atoms with E-state index in [1.54, 1.807) is 45.9 Å². The molecule has 0 fully saturated rings. The van der Waals surface area contributed by atoms with Crippen molar-refractivity contribution in [3.8, 4) is 0 Å². The molecular formula is C15H19NO4. The predicted octanol–water partition coefficient (Wildman–Crippen LogP) is 2.90. The SMILES string of the molecule is Cc1nc2ccc([C@@H](O)CC(=O)OC(C)(C)C)cc2o1. The molecular weight excluding hydrogens is 258 g/mol. The first-order chi connectivity index (χ1) is 9.24.